The predicted molar refractivity (Wildman–Crippen MR) is 97.5 cm³/mol. The fourth-order valence-corrected chi connectivity index (χ4v) is 4.29. The summed E-state index contributed by atoms with van der Waals surface area (Å²) >= 11 is 1.70. The molecule has 1 aliphatic heterocycles. The van der Waals surface area contributed by atoms with Crippen LogP contribution in [-0.4, -0.2) is 42.6 Å². The van der Waals surface area contributed by atoms with Crippen LogP contribution in [0.15, 0.2) is 24.3 Å². The number of benzene rings is 1. The fraction of sp³-hybridized carbons (Fsp3) is 0.474. The van der Waals surface area contributed by atoms with E-state index in [1.54, 1.807) is 18.4 Å². The van der Waals surface area contributed by atoms with Gasteiger partial charge in [-0.25, -0.2) is 4.98 Å². The van der Waals surface area contributed by atoms with Crippen LogP contribution in [0, 0.1) is 19.8 Å². The summed E-state index contributed by atoms with van der Waals surface area (Å²) in [5, 5.41) is 1.07. The van der Waals surface area contributed by atoms with E-state index in [9.17, 15) is 4.79 Å². The maximum Gasteiger partial charge on any atom is 0.253 e. The molecule has 4 nitrogen and oxygen atoms in total. The van der Waals surface area contributed by atoms with Crippen molar-refractivity contribution >= 4 is 17.2 Å². The van der Waals surface area contributed by atoms with E-state index < -0.39 is 0 Å². The zero-order valence-electron chi connectivity index (χ0n) is 14.5. The minimum Gasteiger partial charge on any atom is -0.384 e. The molecule has 1 aliphatic rings. The first-order valence-electron chi connectivity index (χ1n) is 8.41. The molecule has 1 fully saturated rings. The lowest BCUT2D eigenvalue weighted by Crippen LogP contribution is -2.41. The zero-order valence-corrected chi connectivity index (χ0v) is 15.4. The van der Waals surface area contributed by atoms with Crippen LogP contribution < -0.4 is 0 Å². The van der Waals surface area contributed by atoms with Crippen LogP contribution >= 0.6 is 11.3 Å². The number of ether oxygens (including phenoxy) is 1. The molecule has 2 heterocycles. The van der Waals surface area contributed by atoms with E-state index in [0.717, 1.165) is 54.4 Å². The molecule has 0 bridgehead atoms. The Morgan fingerprint density at radius 1 is 1.33 bits per heavy atom. The summed E-state index contributed by atoms with van der Waals surface area (Å²) in [6.45, 7) is 6.41. The molecule has 0 saturated carbocycles. The molecule has 1 aromatic heterocycles. The van der Waals surface area contributed by atoms with Crippen molar-refractivity contribution in [2.45, 2.75) is 26.7 Å². The molecule has 5 heteroatoms. The number of hydrogen-bond donors (Lipinski definition) is 0. The van der Waals surface area contributed by atoms with Crippen LogP contribution in [0.1, 0.15) is 33.9 Å². The van der Waals surface area contributed by atoms with Gasteiger partial charge < -0.3 is 9.64 Å². The number of hydrogen-bond acceptors (Lipinski definition) is 4. The number of likely N-dealkylation sites (tertiary alicyclic amines) is 1. The molecule has 1 saturated heterocycles. The number of amides is 1. The van der Waals surface area contributed by atoms with Crippen LogP contribution in [0.4, 0.5) is 0 Å². The molecule has 0 spiro atoms. The Morgan fingerprint density at radius 3 is 2.71 bits per heavy atom. The number of aromatic nitrogens is 1. The predicted octanol–water partition coefficient (Wildman–Crippen LogP) is 3.93. The van der Waals surface area contributed by atoms with Crippen LogP contribution in [0.25, 0.3) is 10.4 Å². The van der Waals surface area contributed by atoms with Crippen molar-refractivity contribution in [1.82, 2.24) is 9.88 Å². The van der Waals surface area contributed by atoms with Crippen LogP contribution in [0.3, 0.4) is 0 Å². The van der Waals surface area contributed by atoms with E-state index >= 15 is 0 Å². The number of carbonyl (C=O) groups excluding carboxylic acids is 1. The first-order valence-corrected chi connectivity index (χ1v) is 9.23. The third-order valence-electron chi connectivity index (χ3n) is 4.51. The van der Waals surface area contributed by atoms with Gasteiger partial charge in [-0.3, -0.25) is 4.79 Å². The molecule has 1 aromatic carbocycles. The molecule has 0 N–H and O–H groups in total. The first-order chi connectivity index (χ1) is 11.6. The molecule has 1 amide bonds. The van der Waals surface area contributed by atoms with Crippen LogP contribution in [0.5, 0.6) is 0 Å². The monoisotopic (exact) mass is 344 g/mol. The first kappa shape index (κ1) is 17.1. The normalized spacial score (nSPS) is 18.0. The van der Waals surface area contributed by atoms with Gasteiger partial charge in [0.1, 0.15) is 0 Å². The summed E-state index contributed by atoms with van der Waals surface area (Å²) in [6, 6.07) is 7.94. The van der Waals surface area contributed by atoms with E-state index in [2.05, 4.69) is 4.98 Å². The number of rotatable bonds is 4. The summed E-state index contributed by atoms with van der Waals surface area (Å²) in [5.41, 5.74) is 2.94. The van der Waals surface area contributed by atoms with Crippen LogP contribution in [0.2, 0.25) is 0 Å². The standard InChI is InChI=1S/C19H24N2O2S/c1-13-18(24-14(2)20-13)16-6-8-17(9-7-16)19(22)21-10-4-5-15(11-21)12-23-3/h6-9,15H,4-5,10-12H2,1-3H3. The second-order valence-electron chi connectivity index (χ2n) is 6.44. The van der Waals surface area contributed by atoms with Gasteiger partial charge in [-0.15, -0.1) is 11.3 Å². The zero-order chi connectivity index (χ0) is 17.1. The summed E-state index contributed by atoms with van der Waals surface area (Å²) in [4.78, 5) is 20.4. The highest BCUT2D eigenvalue weighted by atomic mass is 32.1. The molecule has 3 rings (SSSR count). The minimum atomic E-state index is 0.125. The Morgan fingerprint density at radius 2 is 2.08 bits per heavy atom. The molecule has 0 aliphatic carbocycles. The second-order valence-corrected chi connectivity index (χ2v) is 7.64. The lowest BCUT2D eigenvalue weighted by atomic mass is 9.98. The second kappa shape index (κ2) is 7.45. The molecule has 1 atom stereocenters. The van der Waals surface area contributed by atoms with Crippen molar-refractivity contribution in [2.24, 2.45) is 5.92 Å². The Kier molecular flexibility index (Phi) is 5.31. The largest absolute Gasteiger partial charge is 0.384 e. The summed E-state index contributed by atoms with van der Waals surface area (Å²) < 4.78 is 5.25. The smallest absolute Gasteiger partial charge is 0.253 e. The van der Waals surface area contributed by atoms with Gasteiger partial charge in [0.05, 0.1) is 22.2 Å². The number of thiazole rings is 1. The number of piperidine rings is 1. The van der Waals surface area contributed by atoms with Gasteiger partial charge in [0, 0.05) is 25.8 Å². The van der Waals surface area contributed by atoms with Gasteiger partial charge in [-0.2, -0.15) is 0 Å². The highest BCUT2D eigenvalue weighted by molar-refractivity contribution is 7.15. The molecule has 0 radical (unpaired) electrons. The molecule has 1 unspecified atom stereocenters. The van der Waals surface area contributed by atoms with Gasteiger partial charge >= 0.3 is 0 Å². The van der Waals surface area contributed by atoms with E-state index in [0.29, 0.717) is 5.92 Å². The van der Waals surface area contributed by atoms with Crippen molar-refractivity contribution in [3.8, 4) is 10.4 Å². The highest BCUT2D eigenvalue weighted by Gasteiger charge is 2.24. The molecule has 2 aromatic rings. The Hall–Kier alpha value is -1.72. The SMILES string of the molecule is COCC1CCCN(C(=O)c2ccc(-c3sc(C)nc3C)cc2)C1. The van der Waals surface area contributed by atoms with Crippen molar-refractivity contribution in [1.29, 1.82) is 0 Å². The highest BCUT2D eigenvalue weighted by Crippen LogP contribution is 2.30. The fourth-order valence-electron chi connectivity index (χ4n) is 3.37. The minimum absolute atomic E-state index is 0.125. The maximum absolute atomic E-state index is 12.7. The summed E-state index contributed by atoms with van der Waals surface area (Å²) in [7, 11) is 1.72. The van der Waals surface area contributed by atoms with Crippen LogP contribution in [-0.2, 0) is 4.74 Å². The maximum atomic E-state index is 12.7. The van der Waals surface area contributed by atoms with E-state index in [4.69, 9.17) is 4.74 Å². The third-order valence-corrected chi connectivity index (χ3v) is 5.63. The Labute approximate surface area is 147 Å². The quantitative estimate of drug-likeness (QED) is 0.844. The van der Waals surface area contributed by atoms with Gasteiger partial charge in [0.25, 0.3) is 5.91 Å². The summed E-state index contributed by atoms with van der Waals surface area (Å²) in [5.74, 6) is 0.578. The van der Waals surface area contributed by atoms with E-state index in [-0.39, 0.29) is 5.91 Å². The lowest BCUT2D eigenvalue weighted by Gasteiger charge is -2.32. The molecular formula is C19H24N2O2S. The molecule has 24 heavy (non-hydrogen) atoms. The van der Waals surface area contributed by atoms with Crippen molar-refractivity contribution in [2.75, 3.05) is 26.8 Å². The number of carbonyl (C=O) groups is 1. The van der Waals surface area contributed by atoms with Crippen molar-refractivity contribution in [3.05, 3.63) is 40.5 Å². The Balaban J connectivity index is 1.73. The summed E-state index contributed by atoms with van der Waals surface area (Å²) in [6.07, 6.45) is 2.19. The van der Waals surface area contributed by atoms with Crippen molar-refractivity contribution < 1.29 is 9.53 Å². The lowest BCUT2D eigenvalue weighted by molar-refractivity contribution is 0.0571. The van der Waals surface area contributed by atoms with Gasteiger partial charge in [0.15, 0.2) is 0 Å². The number of methoxy groups -OCH3 is 1. The average Bonchev–Trinajstić information content (AvgIpc) is 2.93. The molecular weight excluding hydrogens is 320 g/mol. The van der Waals surface area contributed by atoms with Gasteiger partial charge in [0.2, 0.25) is 0 Å². The Bertz CT molecular complexity index is 707. The third kappa shape index (κ3) is 3.68. The van der Waals surface area contributed by atoms with Gasteiger partial charge in [-0.1, -0.05) is 12.1 Å². The number of aryl methyl sites for hydroxylation is 2. The van der Waals surface area contributed by atoms with E-state index in [1.165, 1.54) is 4.88 Å². The van der Waals surface area contributed by atoms with E-state index in [1.807, 2.05) is 43.0 Å². The molecule has 128 valence electrons. The van der Waals surface area contributed by atoms with Crippen molar-refractivity contribution in [3.63, 3.8) is 0 Å². The average molecular weight is 344 g/mol. The number of nitrogens with zero attached hydrogens (tertiary/aromatic N) is 2. The van der Waals surface area contributed by atoms with Gasteiger partial charge in [-0.05, 0) is 50.3 Å². The topological polar surface area (TPSA) is 42.4 Å².